The summed E-state index contributed by atoms with van der Waals surface area (Å²) in [4.78, 5) is 11.9. The quantitative estimate of drug-likeness (QED) is 0.731. The van der Waals surface area contributed by atoms with E-state index in [0.29, 0.717) is 6.54 Å². The number of nitrogens with one attached hydrogen (secondary N) is 1. The summed E-state index contributed by atoms with van der Waals surface area (Å²) in [5, 5.41) is 15.7. The molecule has 2 aromatic rings. The fourth-order valence-electron chi connectivity index (χ4n) is 2.04. The van der Waals surface area contributed by atoms with E-state index in [-0.39, 0.29) is 25.2 Å². The molecule has 0 bridgehead atoms. The number of hydrogen-bond acceptors (Lipinski definition) is 4. The van der Waals surface area contributed by atoms with Crippen LogP contribution in [0.5, 0.6) is 0 Å². The van der Waals surface area contributed by atoms with Crippen LogP contribution in [0, 0.1) is 6.92 Å². The highest BCUT2D eigenvalue weighted by atomic mass is 32.1. The van der Waals surface area contributed by atoms with Gasteiger partial charge in [-0.15, -0.1) is 0 Å². The topological polar surface area (TPSA) is 58.6 Å². The number of rotatable bonds is 8. The average Bonchev–Trinajstić information content (AvgIpc) is 3.07. The summed E-state index contributed by atoms with van der Waals surface area (Å²) >= 11 is 1.59. The highest BCUT2D eigenvalue weighted by Crippen LogP contribution is 2.17. The zero-order chi connectivity index (χ0) is 16.5. The minimum Gasteiger partial charge on any atom is -0.394 e. The van der Waals surface area contributed by atoms with Crippen LogP contribution >= 0.6 is 11.3 Å². The molecule has 1 heterocycles. The number of hydrogen-bond donors (Lipinski definition) is 2. The Bertz CT molecular complexity index is 620. The predicted octanol–water partition coefficient (Wildman–Crippen LogP) is 2.94. The maximum Gasteiger partial charge on any atom is 0.244 e. The van der Waals surface area contributed by atoms with Gasteiger partial charge in [0.1, 0.15) is 0 Å². The largest absolute Gasteiger partial charge is 0.394 e. The summed E-state index contributed by atoms with van der Waals surface area (Å²) in [6, 6.07) is 9.91. The Labute approximate surface area is 140 Å². The number of amides is 1. The lowest BCUT2D eigenvalue weighted by Crippen LogP contribution is -2.28. The van der Waals surface area contributed by atoms with Gasteiger partial charge < -0.3 is 15.2 Å². The lowest BCUT2D eigenvalue weighted by molar-refractivity contribution is -0.117. The van der Waals surface area contributed by atoms with Crippen molar-refractivity contribution in [1.82, 2.24) is 5.32 Å². The van der Waals surface area contributed by atoms with Crippen molar-refractivity contribution < 1.29 is 14.6 Å². The molecule has 0 aliphatic rings. The molecule has 0 fully saturated rings. The molecule has 5 heteroatoms. The van der Waals surface area contributed by atoms with Gasteiger partial charge in [0.15, 0.2) is 0 Å². The molecular formula is C18H21NO3S. The normalized spacial score (nSPS) is 12.4. The molecule has 1 aromatic heterocycles. The van der Waals surface area contributed by atoms with Crippen molar-refractivity contribution in [3.05, 3.63) is 63.9 Å². The summed E-state index contributed by atoms with van der Waals surface area (Å²) in [5.41, 5.74) is 3.15. The average molecular weight is 331 g/mol. The molecule has 0 aliphatic carbocycles. The van der Waals surface area contributed by atoms with E-state index >= 15 is 0 Å². The van der Waals surface area contributed by atoms with Gasteiger partial charge in [-0.25, -0.2) is 0 Å². The molecule has 0 saturated heterocycles. The molecule has 0 unspecified atom stereocenters. The van der Waals surface area contributed by atoms with E-state index in [1.54, 1.807) is 17.4 Å². The molecule has 122 valence electrons. The second kappa shape index (κ2) is 9.25. The summed E-state index contributed by atoms with van der Waals surface area (Å²) in [7, 11) is 0. The third-order valence-corrected chi connectivity index (χ3v) is 3.99. The number of ether oxygens (including phenoxy) is 1. The van der Waals surface area contributed by atoms with Gasteiger partial charge in [0.2, 0.25) is 5.91 Å². The van der Waals surface area contributed by atoms with Gasteiger partial charge in [-0.2, -0.15) is 11.3 Å². The molecule has 0 radical (unpaired) electrons. The molecule has 1 atom stereocenters. The number of carbonyl (C=O) groups excluding carboxylic acids is 1. The molecule has 0 spiro atoms. The first-order valence-electron chi connectivity index (χ1n) is 7.46. The minimum atomic E-state index is -0.277. The highest BCUT2D eigenvalue weighted by Gasteiger charge is 2.12. The smallest absolute Gasteiger partial charge is 0.244 e. The summed E-state index contributed by atoms with van der Waals surface area (Å²) in [5.74, 6) is -0.166. The Balaban J connectivity index is 1.92. The van der Waals surface area contributed by atoms with E-state index in [9.17, 15) is 4.79 Å². The van der Waals surface area contributed by atoms with Gasteiger partial charge in [0.05, 0.1) is 19.3 Å². The Kier molecular flexibility index (Phi) is 7.00. The molecular weight excluding hydrogens is 310 g/mol. The first kappa shape index (κ1) is 17.4. The third-order valence-electron chi connectivity index (χ3n) is 3.29. The maximum atomic E-state index is 11.9. The van der Waals surface area contributed by atoms with Gasteiger partial charge in [-0.1, -0.05) is 29.8 Å². The van der Waals surface area contributed by atoms with Crippen LogP contribution in [0.15, 0.2) is 47.2 Å². The van der Waals surface area contributed by atoms with Crippen LogP contribution in [0.2, 0.25) is 0 Å². The van der Waals surface area contributed by atoms with Crippen LogP contribution in [0.1, 0.15) is 22.8 Å². The van der Waals surface area contributed by atoms with Crippen molar-refractivity contribution in [2.45, 2.75) is 13.0 Å². The van der Waals surface area contributed by atoms with Crippen LogP contribution in [-0.4, -0.2) is 30.8 Å². The molecule has 4 nitrogen and oxygen atoms in total. The van der Waals surface area contributed by atoms with Gasteiger partial charge in [-0.3, -0.25) is 4.79 Å². The molecule has 2 rings (SSSR count). The Morgan fingerprint density at radius 2 is 2.13 bits per heavy atom. The highest BCUT2D eigenvalue weighted by molar-refractivity contribution is 7.08. The molecule has 23 heavy (non-hydrogen) atoms. The van der Waals surface area contributed by atoms with E-state index in [1.807, 2.05) is 48.0 Å². The lowest BCUT2D eigenvalue weighted by Gasteiger charge is -2.18. The lowest BCUT2D eigenvalue weighted by atomic mass is 10.1. The third kappa shape index (κ3) is 5.98. The van der Waals surface area contributed by atoms with Crippen molar-refractivity contribution >= 4 is 23.3 Å². The van der Waals surface area contributed by atoms with Crippen LogP contribution in [-0.2, 0) is 9.53 Å². The van der Waals surface area contributed by atoms with Crippen molar-refractivity contribution in [3.8, 4) is 0 Å². The second-order valence-corrected chi connectivity index (χ2v) is 5.91. The monoisotopic (exact) mass is 331 g/mol. The SMILES string of the molecule is Cc1ccc([C@H](CNC(=O)/C=C/c2ccsc2)OCCO)cc1. The Morgan fingerprint density at radius 3 is 2.78 bits per heavy atom. The van der Waals surface area contributed by atoms with E-state index in [1.165, 1.54) is 6.08 Å². The van der Waals surface area contributed by atoms with Crippen LogP contribution < -0.4 is 5.32 Å². The molecule has 1 aromatic carbocycles. The molecule has 1 amide bonds. The number of thiophene rings is 1. The van der Waals surface area contributed by atoms with Gasteiger partial charge in [-0.05, 0) is 41.0 Å². The Hall–Kier alpha value is -1.95. The fraction of sp³-hybridized carbons (Fsp3) is 0.278. The molecule has 0 aliphatic heterocycles. The van der Waals surface area contributed by atoms with Gasteiger partial charge in [0.25, 0.3) is 0 Å². The first-order valence-corrected chi connectivity index (χ1v) is 8.40. The van der Waals surface area contributed by atoms with Crippen molar-refractivity contribution in [3.63, 3.8) is 0 Å². The number of aryl methyl sites for hydroxylation is 1. The minimum absolute atomic E-state index is 0.0473. The predicted molar refractivity (Wildman–Crippen MR) is 93.3 cm³/mol. The molecule has 0 saturated carbocycles. The van der Waals surface area contributed by atoms with Gasteiger partial charge >= 0.3 is 0 Å². The first-order chi connectivity index (χ1) is 11.2. The zero-order valence-electron chi connectivity index (χ0n) is 13.1. The standard InChI is InChI=1S/C18H21NO3S/c1-14-2-5-16(6-3-14)17(22-10-9-20)12-19-18(21)7-4-15-8-11-23-13-15/h2-8,11,13,17,20H,9-10,12H2,1H3,(H,19,21)/b7-4+/t17-/m0/s1. The second-order valence-electron chi connectivity index (χ2n) is 5.13. The van der Waals surface area contributed by atoms with Crippen molar-refractivity contribution in [1.29, 1.82) is 0 Å². The van der Waals surface area contributed by atoms with Crippen LogP contribution in [0.3, 0.4) is 0 Å². The summed E-state index contributed by atoms with van der Waals surface area (Å²) in [6.45, 7) is 2.56. The zero-order valence-corrected chi connectivity index (χ0v) is 13.9. The van der Waals surface area contributed by atoms with Crippen LogP contribution in [0.25, 0.3) is 6.08 Å². The maximum absolute atomic E-state index is 11.9. The summed E-state index contributed by atoms with van der Waals surface area (Å²) in [6.07, 6.45) is 3.02. The van der Waals surface area contributed by atoms with E-state index < -0.39 is 0 Å². The number of aliphatic hydroxyl groups is 1. The number of aliphatic hydroxyl groups excluding tert-OH is 1. The number of carbonyl (C=O) groups is 1. The van der Waals surface area contributed by atoms with Crippen LogP contribution in [0.4, 0.5) is 0 Å². The van der Waals surface area contributed by atoms with E-state index in [4.69, 9.17) is 9.84 Å². The molecule has 2 N–H and O–H groups in total. The van der Waals surface area contributed by atoms with Crippen molar-refractivity contribution in [2.24, 2.45) is 0 Å². The Morgan fingerprint density at radius 1 is 1.35 bits per heavy atom. The van der Waals surface area contributed by atoms with Gasteiger partial charge in [0, 0.05) is 12.6 Å². The fourth-order valence-corrected chi connectivity index (χ4v) is 2.67. The van der Waals surface area contributed by atoms with Crippen molar-refractivity contribution in [2.75, 3.05) is 19.8 Å². The number of benzene rings is 1. The van der Waals surface area contributed by atoms with E-state index in [2.05, 4.69) is 5.32 Å². The van der Waals surface area contributed by atoms with E-state index in [0.717, 1.165) is 16.7 Å². The summed E-state index contributed by atoms with van der Waals surface area (Å²) < 4.78 is 5.63.